The summed E-state index contributed by atoms with van der Waals surface area (Å²) < 4.78 is 161. The quantitative estimate of drug-likeness (QED) is 0.168. The summed E-state index contributed by atoms with van der Waals surface area (Å²) in [6, 6.07) is 42.6. The van der Waals surface area contributed by atoms with Gasteiger partial charge in [0, 0.05) is 58.8 Å². The molecule has 0 atom stereocenters. The average Bonchev–Trinajstić information content (AvgIpc) is 3.52. The van der Waals surface area contributed by atoms with Crippen LogP contribution in [0.15, 0.2) is 146 Å². The Morgan fingerprint density at radius 1 is 0.388 bits per heavy atom. The van der Waals surface area contributed by atoms with Crippen molar-refractivity contribution in [3.05, 3.63) is 168 Å². The number of anilines is 6. The van der Waals surface area contributed by atoms with Gasteiger partial charge in [-0.25, -0.2) is 0 Å². The molecule has 6 aromatic rings. The van der Waals surface area contributed by atoms with Crippen molar-refractivity contribution in [2.45, 2.75) is 65.8 Å². The molecular formula is C47H48N2. The van der Waals surface area contributed by atoms with E-state index in [1.807, 2.05) is 139 Å². The van der Waals surface area contributed by atoms with Crippen molar-refractivity contribution in [3.8, 4) is 11.1 Å². The van der Waals surface area contributed by atoms with Gasteiger partial charge in [-0.1, -0.05) is 131 Å². The minimum atomic E-state index is -4.51. The van der Waals surface area contributed by atoms with Crippen molar-refractivity contribution in [2.24, 2.45) is 5.41 Å². The van der Waals surface area contributed by atoms with Gasteiger partial charge in [0.25, 0.3) is 0 Å². The Labute approximate surface area is 319 Å². The number of rotatable bonds is 7. The molecule has 0 spiro atoms. The molecule has 2 nitrogen and oxygen atoms in total. The van der Waals surface area contributed by atoms with Crippen molar-refractivity contribution in [1.82, 2.24) is 0 Å². The van der Waals surface area contributed by atoms with Crippen LogP contribution >= 0.6 is 0 Å². The second-order valence-corrected chi connectivity index (χ2v) is 12.8. The van der Waals surface area contributed by atoms with Crippen molar-refractivity contribution < 1.29 is 24.7 Å². The number of aryl methyl sites for hydroxylation is 2. The number of fused-ring (bicyclic) bond motifs is 1. The second-order valence-electron chi connectivity index (χ2n) is 12.8. The molecule has 0 saturated heterocycles. The molecule has 0 unspecified atom stereocenters. The van der Waals surface area contributed by atoms with Gasteiger partial charge in [-0.2, -0.15) is 0 Å². The average molecular weight is 659 g/mol. The SMILES string of the molecule is [2H]C([2H])([2H])C1(C([2H])([2H])[2H])c2ccc(-c3cc(N(c4ccccc4)c4ccccc4)cc(N(c4ccc(C)cc4)c4ccc(C)cc4)c3)cc2C(C([2H])([2H])[2H])(C([2H])([2H])[2H])C1(C([2H])([2H])[2H])C([2H])([2H])[2H]. The van der Waals surface area contributed by atoms with Gasteiger partial charge < -0.3 is 9.80 Å². The van der Waals surface area contributed by atoms with Crippen LogP contribution in [-0.4, -0.2) is 0 Å². The summed E-state index contributed by atoms with van der Waals surface area (Å²) in [6.45, 7) is -21.6. The first-order valence-corrected chi connectivity index (χ1v) is 16.0. The predicted octanol–water partition coefficient (Wildman–Crippen LogP) is 13.5. The Kier molecular flexibility index (Phi) is 4.33. The van der Waals surface area contributed by atoms with Gasteiger partial charge in [0.15, 0.2) is 0 Å². The Morgan fingerprint density at radius 2 is 0.837 bits per heavy atom. The summed E-state index contributed by atoms with van der Waals surface area (Å²) >= 11 is 0. The van der Waals surface area contributed by atoms with Crippen molar-refractivity contribution in [2.75, 3.05) is 9.80 Å². The molecule has 246 valence electrons. The van der Waals surface area contributed by atoms with E-state index in [4.69, 9.17) is 24.7 Å². The fraction of sp³-hybridized carbons (Fsp3) is 0.234. The van der Waals surface area contributed by atoms with E-state index in [1.54, 1.807) is 12.1 Å². The maximum Gasteiger partial charge on any atom is 0.0488 e. The van der Waals surface area contributed by atoms with Gasteiger partial charge in [-0.15, -0.1) is 0 Å². The topological polar surface area (TPSA) is 6.48 Å². The molecule has 2 heteroatoms. The van der Waals surface area contributed by atoms with Gasteiger partial charge in [-0.3, -0.25) is 0 Å². The van der Waals surface area contributed by atoms with Crippen molar-refractivity contribution in [3.63, 3.8) is 0 Å². The van der Waals surface area contributed by atoms with E-state index in [0.29, 0.717) is 22.7 Å². The summed E-state index contributed by atoms with van der Waals surface area (Å²) in [5.74, 6) is 0. The highest BCUT2D eigenvalue weighted by Gasteiger charge is 2.56. The fourth-order valence-corrected chi connectivity index (χ4v) is 6.50. The molecule has 0 N–H and O–H groups in total. The van der Waals surface area contributed by atoms with E-state index in [9.17, 15) is 0 Å². The minimum absolute atomic E-state index is 0.00503. The molecule has 7 rings (SSSR count). The monoisotopic (exact) mass is 658 g/mol. The first-order chi connectivity index (χ1) is 30.9. The summed E-state index contributed by atoms with van der Waals surface area (Å²) in [5.41, 5.74) is -8.71. The Balaban J connectivity index is 1.69. The molecule has 0 radical (unpaired) electrons. The summed E-state index contributed by atoms with van der Waals surface area (Å²) in [5, 5.41) is 0. The molecule has 0 aliphatic heterocycles. The highest BCUT2D eigenvalue weighted by molar-refractivity contribution is 5.87. The third-order valence-corrected chi connectivity index (χ3v) is 9.32. The zero-order valence-corrected chi connectivity index (χ0v) is 27.3. The van der Waals surface area contributed by atoms with Gasteiger partial charge in [0.05, 0.1) is 0 Å². The Morgan fingerprint density at radius 3 is 1.29 bits per heavy atom. The standard InChI is InChI=1S/C47H48N2/c1-33-19-24-39(25-20-33)49(40-26-21-34(2)22-27-40)42-30-36(35-23-28-43-44(31-35)46(5,6)47(7,8)45(43,3)4)29-41(32-42)48(37-15-11-9-12-16-37)38-17-13-10-14-18-38/h9-32H,1-8H3/i3D3,4D3,5D3,6D3,7D3,8D3. The molecule has 0 bridgehead atoms. The van der Waals surface area contributed by atoms with Gasteiger partial charge >= 0.3 is 0 Å². The van der Waals surface area contributed by atoms with Crippen molar-refractivity contribution >= 4 is 34.1 Å². The van der Waals surface area contributed by atoms with E-state index in [2.05, 4.69) is 0 Å². The third-order valence-electron chi connectivity index (χ3n) is 9.32. The summed E-state index contributed by atoms with van der Waals surface area (Å²) in [7, 11) is 0. The van der Waals surface area contributed by atoms with E-state index in [-0.39, 0.29) is 11.1 Å². The van der Waals surface area contributed by atoms with Crippen LogP contribution in [0.25, 0.3) is 11.1 Å². The summed E-state index contributed by atoms with van der Waals surface area (Å²) in [4.78, 5) is 3.91. The van der Waals surface area contributed by atoms with E-state index < -0.39 is 68.5 Å². The Hall–Kier alpha value is -5.08. The zero-order valence-electron chi connectivity index (χ0n) is 45.3. The molecule has 6 aromatic carbocycles. The molecule has 49 heavy (non-hydrogen) atoms. The number of hydrogen-bond donors (Lipinski definition) is 0. The second kappa shape index (κ2) is 12.1. The molecule has 0 fully saturated rings. The van der Waals surface area contributed by atoms with Crippen LogP contribution in [0.1, 0.15) is 88.0 Å². The maximum absolute atomic E-state index is 9.02. The molecule has 0 saturated carbocycles. The first kappa shape index (κ1) is 17.5. The molecule has 0 amide bonds. The smallest absolute Gasteiger partial charge is 0.0488 e. The third kappa shape index (κ3) is 5.54. The van der Waals surface area contributed by atoms with E-state index in [1.165, 1.54) is 6.07 Å². The maximum atomic E-state index is 9.02. The normalized spacial score (nSPS) is 22.4. The number of benzene rings is 6. The lowest BCUT2D eigenvalue weighted by atomic mass is 9.59. The van der Waals surface area contributed by atoms with Gasteiger partial charge in [-0.05, 0) is 119 Å². The van der Waals surface area contributed by atoms with Crippen molar-refractivity contribution in [1.29, 1.82) is 0 Å². The lowest BCUT2D eigenvalue weighted by Gasteiger charge is -2.44. The van der Waals surface area contributed by atoms with Crippen LogP contribution < -0.4 is 9.80 Å². The fourth-order valence-electron chi connectivity index (χ4n) is 6.50. The van der Waals surface area contributed by atoms with Crippen LogP contribution in [0, 0.1) is 19.3 Å². The lowest BCUT2D eigenvalue weighted by molar-refractivity contribution is 0.125. The lowest BCUT2D eigenvalue weighted by Crippen LogP contribution is -2.42. The molecule has 0 heterocycles. The number of nitrogens with zero attached hydrogens (tertiary/aromatic N) is 2. The molecule has 0 aromatic heterocycles. The first-order valence-electron chi connectivity index (χ1n) is 25.0. The minimum Gasteiger partial charge on any atom is -0.310 e. The highest BCUT2D eigenvalue weighted by atomic mass is 15.2. The number of para-hydroxylation sites is 2. The van der Waals surface area contributed by atoms with Crippen LogP contribution in [0.3, 0.4) is 0 Å². The number of hydrogen-bond acceptors (Lipinski definition) is 2. The van der Waals surface area contributed by atoms with Crippen LogP contribution in [0.4, 0.5) is 34.1 Å². The van der Waals surface area contributed by atoms with Crippen LogP contribution in [0.2, 0.25) is 0 Å². The van der Waals surface area contributed by atoms with Gasteiger partial charge in [0.1, 0.15) is 0 Å². The Bertz CT molecular complexity index is 2600. The van der Waals surface area contributed by atoms with Crippen LogP contribution in [0.5, 0.6) is 0 Å². The zero-order chi connectivity index (χ0) is 49.6. The predicted molar refractivity (Wildman–Crippen MR) is 211 cm³/mol. The van der Waals surface area contributed by atoms with E-state index >= 15 is 0 Å². The molecular weight excluding hydrogens is 593 g/mol. The summed E-state index contributed by atoms with van der Waals surface area (Å²) in [6.07, 6.45) is 0. The molecule has 1 aliphatic rings. The largest absolute Gasteiger partial charge is 0.310 e. The van der Waals surface area contributed by atoms with Crippen LogP contribution in [-0.2, 0) is 10.8 Å². The highest BCUT2D eigenvalue weighted by Crippen LogP contribution is 2.62. The molecule has 1 aliphatic carbocycles. The van der Waals surface area contributed by atoms with Gasteiger partial charge in [0.2, 0.25) is 0 Å². The van der Waals surface area contributed by atoms with E-state index in [0.717, 1.165) is 34.6 Å².